The average Bonchev–Trinajstić information content (AvgIpc) is 1.61. The summed E-state index contributed by atoms with van der Waals surface area (Å²) in [5, 5.41) is 138. The van der Waals surface area contributed by atoms with Gasteiger partial charge in [-0.15, -0.1) is 0 Å². The maximum absolute atomic E-state index is 12.9. The second-order valence-corrected chi connectivity index (χ2v) is 34.2. The van der Waals surface area contributed by atoms with Gasteiger partial charge in [-0.05, 0) is 173 Å². The number of carboxylic acids is 6. The van der Waals surface area contributed by atoms with Crippen molar-refractivity contribution in [1.29, 1.82) is 0 Å². The Morgan fingerprint density at radius 1 is 0.188 bits per heavy atom. The minimum atomic E-state index is -1.74. The van der Waals surface area contributed by atoms with E-state index in [0.717, 1.165) is 77.0 Å². The Balaban J connectivity index is 0.000000167. The van der Waals surface area contributed by atoms with E-state index in [1.807, 2.05) is 0 Å². The molecule has 0 aromatic rings. The van der Waals surface area contributed by atoms with Crippen molar-refractivity contribution in [2.75, 3.05) is 0 Å². The number of carbonyl (C=O) groups excluding carboxylic acids is 6. The van der Waals surface area contributed by atoms with Crippen molar-refractivity contribution in [2.45, 2.75) is 266 Å². The van der Waals surface area contributed by atoms with Crippen LogP contribution < -0.4 is 116 Å². The van der Waals surface area contributed by atoms with Crippen LogP contribution in [-0.2, 0) is 79.1 Å². The van der Waals surface area contributed by atoms with Gasteiger partial charge >= 0.3 is 50.3 Å². The summed E-state index contributed by atoms with van der Waals surface area (Å²) in [7, 11) is 0. The van der Waals surface area contributed by atoms with E-state index in [1.54, 1.807) is 0 Å². The van der Waals surface area contributed by atoms with E-state index in [-0.39, 0.29) is 137 Å². The quantitative estimate of drug-likeness (QED) is 0.118. The molecule has 0 aromatic carbocycles. The summed E-state index contributed by atoms with van der Waals surface area (Å²) < 4.78 is 0. The van der Waals surface area contributed by atoms with Gasteiger partial charge in [0.05, 0.1) is 98.7 Å². The van der Waals surface area contributed by atoms with Crippen LogP contribution in [0.3, 0.4) is 0 Å². The zero-order valence-corrected chi connectivity index (χ0v) is 60.3. The number of hydrogen-bond donors (Lipinski definition) is 16. The largest absolute Gasteiger partial charge is 2.00 e. The van der Waals surface area contributed by atoms with Gasteiger partial charge < -0.3 is 59.4 Å². The summed E-state index contributed by atoms with van der Waals surface area (Å²) in [6.07, 6.45) is 26.3. The number of carboxylic acid groups (broad SMARTS) is 6. The molecule has 38 unspecified atom stereocenters. The van der Waals surface area contributed by atoms with Gasteiger partial charge in [0.2, 0.25) is 0 Å². The van der Waals surface area contributed by atoms with Gasteiger partial charge in [0.25, 0.3) is 0 Å². The Hall–Kier alpha value is -2.30. The Bertz CT molecular complexity index is 2830. The second kappa shape index (κ2) is 31.0. The molecule has 10 saturated heterocycles. The molecule has 10 heterocycles. The minimum absolute atomic E-state index is 0. The van der Waals surface area contributed by atoms with E-state index >= 15 is 0 Å². The standard InChI is InChI=1S/2C35H56N8O6.3Co/c2*44-33(45)21-13-20-22(24(35(48)49)23(21)34(46)47)32-42-30-19-12-6-5-11-18(19)28(40-30)38-26-15-8-2-1-7-14(15)25(36-26)37-27-16-9-3-4-10-17(16)29(39-27)41-31(20)43-32;;;/h2*14-32,36-43H,1-13H2,(H,44,45)(H,46,47)(H,48,49);;;/q;;3*+2/p-6. The van der Waals surface area contributed by atoms with Crippen LogP contribution in [-0.4, -0.2) is 134 Å². The van der Waals surface area contributed by atoms with E-state index in [4.69, 9.17) is 0 Å². The van der Waals surface area contributed by atoms with E-state index in [0.29, 0.717) is 71.0 Å². The molecular weight excluding hydrogens is 1430 g/mol. The van der Waals surface area contributed by atoms with Crippen molar-refractivity contribution in [2.24, 2.45) is 130 Å². The van der Waals surface area contributed by atoms with E-state index in [9.17, 15) is 59.4 Å². The van der Waals surface area contributed by atoms with Crippen LogP contribution >= 0.6 is 0 Å². The smallest absolute Gasteiger partial charge is 0.550 e. The maximum Gasteiger partial charge on any atom is 2.00 e. The van der Waals surface area contributed by atoms with Crippen molar-refractivity contribution >= 4 is 35.8 Å². The van der Waals surface area contributed by atoms with Crippen LogP contribution in [0.4, 0.5) is 0 Å². The molecule has 0 amide bonds. The molecule has 31 heteroatoms. The normalized spacial score (nSPS) is 51.9. The molecule has 8 aliphatic carbocycles. The molecule has 38 atom stereocenters. The van der Waals surface area contributed by atoms with E-state index in [2.05, 4.69) is 85.1 Å². The summed E-state index contributed by atoms with van der Waals surface area (Å²) in [6.45, 7) is 0. The van der Waals surface area contributed by atoms with Crippen LogP contribution in [0.2, 0.25) is 0 Å². The van der Waals surface area contributed by atoms with Gasteiger partial charge in [0, 0.05) is 83.2 Å². The first-order valence-corrected chi connectivity index (χ1v) is 39.0. The second-order valence-electron chi connectivity index (χ2n) is 34.2. The third kappa shape index (κ3) is 13.7. The summed E-state index contributed by atoms with van der Waals surface area (Å²) in [4.78, 5) is 75.6. The van der Waals surface area contributed by atoms with Crippen molar-refractivity contribution in [1.82, 2.24) is 85.1 Å². The monoisotopic (exact) mass is 1540 g/mol. The molecule has 18 fully saturated rings. The molecule has 18 rings (SSSR count). The molecular formula is C70H106Co3N16O12. The van der Waals surface area contributed by atoms with Gasteiger partial charge in [0.1, 0.15) is 0 Å². The van der Waals surface area contributed by atoms with E-state index < -0.39 is 120 Å². The number of fused-ring (bicyclic) bond motifs is 40. The third-order valence-corrected chi connectivity index (χ3v) is 30.0. The van der Waals surface area contributed by atoms with Crippen molar-refractivity contribution in [3.8, 4) is 0 Å². The van der Waals surface area contributed by atoms with Crippen LogP contribution in [0, 0.1) is 130 Å². The number of carbonyl (C=O) groups is 6. The van der Waals surface area contributed by atoms with Gasteiger partial charge in [-0.25, -0.2) is 0 Å². The van der Waals surface area contributed by atoms with Gasteiger partial charge in [-0.3, -0.25) is 85.1 Å². The van der Waals surface area contributed by atoms with E-state index in [1.165, 1.54) is 77.0 Å². The predicted molar refractivity (Wildman–Crippen MR) is 338 cm³/mol. The first-order valence-electron chi connectivity index (χ1n) is 39.0. The molecule has 10 aliphatic heterocycles. The number of hydrogen-bond acceptors (Lipinski definition) is 28. The fourth-order valence-electron chi connectivity index (χ4n) is 25.9. The fourth-order valence-corrected chi connectivity index (χ4v) is 25.9. The van der Waals surface area contributed by atoms with Crippen molar-refractivity contribution in [3.05, 3.63) is 0 Å². The van der Waals surface area contributed by atoms with Crippen molar-refractivity contribution in [3.63, 3.8) is 0 Å². The van der Waals surface area contributed by atoms with Crippen LogP contribution in [0.1, 0.15) is 167 Å². The van der Waals surface area contributed by atoms with Crippen LogP contribution in [0.15, 0.2) is 0 Å². The summed E-state index contributed by atoms with van der Waals surface area (Å²) >= 11 is 0. The Kier molecular flexibility index (Phi) is 23.2. The molecule has 0 spiro atoms. The average molecular weight is 1540 g/mol. The zero-order valence-electron chi connectivity index (χ0n) is 57.2. The molecule has 28 nitrogen and oxygen atoms in total. The molecule has 16 N–H and O–H groups in total. The summed E-state index contributed by atoms with van der Waals surface area (Å²) in [5.74, 6) is -16.4. The fraction of sp³-hybridized carbons (Fsp3) is 0.914. The Morgan fingerprint density at radius 2 is 0.327 bits per heavy atom. The molecule has 565 valence electrons. The van der Waals surface area contributed by atoms with Gasteiger partial charge in [-0.2, -0.15) is 0 Å². The predicted octanol–water partition coefficient (Wildman–Crippen LogP) is -6.94. The number of rotatable bonds is 6. The molecule has 3 radical (unpaired) electrons. The Labute approximate surface area is 622 Å². The molecule has 18 aliphatic rings. The van der Waals surface area contributed by atoms with Gasteiger partial charge in [-0.1, -0.05) is 77.0 Å². The van der Waals surface area contributed by atoms with Crippen molar-refractivity contribution < 1.29 is 110 Å². The molecule has 101 heavy (non-hydrogen) atoms. The number of aliphatic carboxylic acids is 6. The molecule has 0 aromatic heterocycles. The molecule has 8 saturated carbocycles. The van der Waals surface area contributed by atoms with Crippen LogP contribution in [0.5, 0.6) is 0 Å². The van der Waals surface area contributed by atoms with Crippen LogP contribution in [0.25, 0.3) is 0 Å². The topological polar surface area (TPSA) is 433 Å². The summed E-state index contributed by atoms with van der Waals surface area (Å²) in [5.41, 5.74) is 0. The summed E-state index contributed by atoms with van der Waals surface area (Å²) in [6, 6.07) is 0. The Morgan fingerprint density at radius 3 is 0.465 bits per heavy atom. The molecule has 16 bridgehead atoms. The first-order chi connectivity index (χ1) is 47.5. The third-order valence-electron chi connectivity index (χ3n) is 30.0. The first kappa shape index (κ1) is 75.5. The zero-order chi connectivity index (χ0) is 67.1. The maximum atomic E-state index is 12.9. The SMILES string of the molecule is O=C([O-])C1CC2C3NC4NC(NC5NC(NC6NC(NC(N3)C2C(C(=O)[O-])C1C(=O)[O-])C1CCCCC61)C1CCCCC51)C1CCCCC41.O=C([O-])C1CC2C3NC4NC(NC5NC(NC6NC(NC(N3)C2C(C(=O)[O-])C1C(=O)[O-])C1CCCCC61)C1CCCCC51)C1CCCCC41.[Co+2].[Co+2].[Co+2]. The minimum Gasteiger partial charge on any atom is -0.550 e. The number of nitrogens with one attached hydrogen (secondary N) is 16. The van der Waals surface area contributed by atoms with Gasteiger partial charge in [0.15, 0.2) is 0 Å².